The Bertz CT molecular complexity index is 756. The van der Waals surface area contributed by atoms with Gasteiger partial charge in [-0.25, -0.2) is 13.8 Å². The molecule has 0 fully saturated rings. The van der Waals surface area contributed by atoms with Crippen LogP contribution >= 0.6 is 0 Å². The van der Waals surface area contributed by atoms with Crippen LogP contribution in [0.15, 0.2) is 23.2 Å². The highest BCUT2D eigenvalue weighted by Crippen LogP contribution is 2.41. The monoisotopic (exact) mass is 409 g/mol. The number of amidine groups is 1. The van der Waals surface area contributed by atoms with E-state index in [0.29, 0.717) is 0 Å². The largest absolute Gasteiger partial charge is 0.452 e. The number of nitrogens with two attached hydrogens (primary N) is 1. The van der Waals surface area contributed by atoms with Crippen LogP contribution < -0.4 is 11.1 Å². The molecule has 1 aromatic rings. The summed E-state index contributed by atoms with van der Waals surface area (Å²) in [5.41, 5.74) is 2.46. The summed E-state index contributed by atoms with van der Waals surface area (Å²) in [5.74, 6) is -1.64. The minimum Gasteiger partial charge on any atom is -0.452 e. The lowest BCUT2D eigenvalue weighted by atomic mass is 9.84. The fourth-order valence-corrected chi connectivity index (χ4v) is 2.91. The van der Waals surface area contributed by atoms with E-state index in [2.05, 4.69) is 15.0 Å². The fourth-order valence-electron chi connectivity index (χ4n) is 2.91. The van der Waals surface area contributed by atoms with Crippen LogP contribution in [-0.2, 0) is 15.0 Å². The van der Waals surface area contributed by atoms with Crippen LogP contribution in [0.25, 0.3) is 0 Å². The number of methoxy groups -OCH3 is 1. The zero-order chi connectivity index (χ0) is 21.1. The molecule has 2 rings (SSSR count). The third-order valence-electron chi connectivity index (χ3n) is 4.22. The molecule has 1 aliphatic heterocycles. The maximum Gasteiger partial charge on any atom is 0.425 e. The van der Waals surface area contributed by atoms with E-state index in [4.69, 9.17) is 10.5 Å². The lowest BCUT2D eigenvalue weighted by Crippen LogP contribution is -2.48. The molecule has 0 spiro atoms. The van der Waals surface area contributed by atoms with Crippen molar-refractivity contribution in [3.05, 3.63) is 35.1 Å². The Balaban J connectivity index is 2.44. The molecule has 0 saturated carbocycles. The molecule has 1 heterocycles. The number of alkyl halides is 4. The molecular weight excluding hydrogens is 389 g/mol. The van der Waals surface area contributed by atoms with E-state index in [9.17, 15) is 26.7 Å². The summed E-state index contributed by atoms with van der Waals surface area (Å²) in [7, 11) is 1.44. The number of rotatable bonds is 6. The molecule has 3 N–H and O–H groups in total. The van der Waals surface area contributed by atoms with E-state index in [1.807, 2.05) is 0 Å². The molecule has 0 aliphatic carbocycles. The number of nitrogens with one attached hydrogen (secondary N) is 1. The summed E-state index contributed by atoms with van der Waals surface area (Å²) in [6.45, 7) is 0.400. The van der Waals surface area contributed by atoms with Crippen molar-refractivity contribution in [1.29, 1.82) is 0 Å². The average molecular weight is 409 g/mol. The Hall–Kier alpha value is -2.43. The minimum atomic E-state index is -4.86. The summed E-state index contributed by atoms with van der Waals surface area (Å²) < 4.78 is 77.0. The highest BCUT2D eigenvalue weighted by atomic mass is 19.4. The van der Waals surface area contributed by atoms with Gasteiger partial charge in [-0.3, -0.25) is 4.79 Å². The van der Waals surface area contributed by atoms with Crippen molar-refractivity contribution in [3.63, 3.8) is 0 Å². The van der Waals surface area contributed by atoms with Crippen molar-refractivity contribution >= 4 is 11.9 Å². The number of aliphatic imine (C=N–C) groups is 1. The smallest absolute Gasteiger partial charge is 0.425 e. The number of carbonyl (C=O) groups is 1. The van der Waals surface area contributed by atoms with E-state index >= 15 is 0 Å². The van der Waals surface area contributed by atoms with E-state index < -0.39 is 54.2 Å². The first kappa shape index (κ1) is 21.9. The number of carbonyl (C=O) groups excluding carboxylic acids is 1. The molecule has 6 nitrogen and oxygen atoms in total. The van der Waals surface area contributed by atoms with Gasteiger partial charge in [0.25, 0.3) is 11.9 Å². The number of halogens is 5. The Morgan fingerprint density at radius 3 is 2.75 bits per heavy atom. The van der Waals surface area contributed by atoms with Crippen LogP contribution in [0.1, 0.15) is 29.3 Å². The first-order valence-corrected chi connectivity index (χ1v) is 8.27. The van der Waals surface area contributed by atoms with Gasteiger partial charge in [0.2, 0.25) is 0 Å². The van der Waals surface area contributed by atoms with E-state index in [-0.39, 0.29) is 18.2 Å². The lowest BCUT2D eigenvalue weighted by Gasteiger charge is -2.36. The van der Waals surface area contributed by atoms with E-state index in [1.165, 1.54) is 7.11 Å². The van der Waals surface area contributed by atoms with Gasteiger partial charge in [-0.05, 0) is 25.1 Å². The maximum atomic E-state index is 14.4. The quantitative estimate of drug-likeness (QED) is 0.707. The summed E-state index contributed by atoms with van der Waals surface area (Å²) >= 11 is 0. The Morgan fingerprint density at radius 1 is 1.50 bits per heavy atom. The van der Waals surface area contributed by atoms with E-state index in [1.54, 1.807) is 6.92 Å². The molecule has 1 amide bonds. The van der Waals surface area contributed by atoms with Crippen molar-refractivity contribution in [2.75, 3.05) is 20.4 Å². The fraction of sp³-hybridized carbons (Fsp3) is 0.529. The molecule has 0 radical (unpaired) electrons. The second-order valence-corrected chi connectivity index (χ2v) is 6.49. The van der Waals surface area contributed by atoms with Crippen molar-refractivity contribution in [1.82, 2.24) is 5.32 Å². The standard InChI is InChI=1S/C17H20F5N3O3/c1-9(7-27-2)24-14(26)10-3-4-12(19)11(5-10)16(8-18)6-13(17(20,21)22)28-15(23)25-16/h3-5,9,13H,6-8H2,1-2H3,(H2,23,25)(H,24,26)/t9-,13-,16+/m0/s1. The topological polar surface area (TPSA) is 85.9 Å². The van der Waals surface area contributed by atoms with Gasteiger partial charge in [-0.2, -0.15) is 13.2 Å². The van der Waals surface area contributed by atoms with Crippen LogP contribution in [0.5, 0.6) is 0 Å². The molecule has 0 aromatic heterocycles. The normalized spacial score (nSPS) is 23.5. The number of hydrogen-bond acceptors (Lipinski definition) is 5. The molecule has 0 unspecified atom stereocenters. The predicted octanol–water partition coefficient (Wildman–Crippen LogP) is 2.42. The third kappa shape index (κ3) is 4.70. The molecule has 156 valence electrons. The number of benzene rings is 1. The number of hydrogen-bond donors (Lipinski definition) is 2. The summed E-state index contributed by atoms with van der Waals surface area (Å²) in [6, 6.07) is 1.68. The predicted molar refractivity (Wildman–Crippen MR) is 90.0 cm³/mol. The average Bonchev–Trinajstić information content (AvgIpc) is 2.60. The molecule has 3 atom stereocenters. The van der Waals surface area contributed by atoms with Gasteiger partial charge >= 0.3 is 6.18 Å². The summed E-state index contributed by atoms with van der Waals surface area (Å²) in [5, 5.41) is 2.57. The van der Waals surface area contributed by atoms with Crippen molar-refractivity contribution < 1.29 is 36.2 Å². The Labute approximate surface area is 157 Å². The van der Waals surface area contributed by atoms with Crippen LogP contribution in [-0.4, -0.2) is 50.6 Å². The SMILES string of the molecule is COC[C@H](C)NC(=O)c1ccc(F)c([C@]2(CF)C[C@@H](C(F)(F)F)OC(N)=N2)c1. The van der Waals surface area contributed by atoms with Crippen LogP contribution in [0.3, 0.4) is 0 Å². The van der Waals surface area contributed by atoms with Crippen LogP contribution in [0, 0.1) is 5.82 Å². The Morgan fingerprint density at radius 2 is 2.18 bits per heavy atom. The first-order chi connectivity index (χ1) is 13.0. The highest BCUT2D eigenvalue weighted by molar-refractivity contribution is 5.94. The highest BCUT2D eigenvalue weighted by Gasteiger charge is 2.52. The Kier molecular flexibility index (Phi) is 6.48. The summed E-state index contributed by atoms with van der Waals surface area (Å²) in [4.78, 5) is 15.9. The van der Waals surface area contributed by atoms with Gasteiger partial charge in [0.15, 0.2) is 6.10 Å². The zero-order valence-electron chi connectivity index (χ0n) is 15.1. The van der Waals surface area contributed by atoms with Crippen LogP contribution in [0.2, 0.25) is 0 Å². The van der Waals surface area contributed by atoms with Gasteiger partial charge in [0.1, 0.15) is 18.0 Å². The van der Waals surface area contributed by atoms with Gasteiger partial charge in [0.05, 0.1) is 6.61 Å². The molecule has 28 heavy (non-hydrogen) atoms. The molecular formula is C17H20F5N3O3. The summed E-state index contributed by atoms with van der Waals surface area (Å²) in [6.07, 6.45) is -8.34. The third-order valence-corrected chi connectivity index (χ3v) is 4.22. The molecule has 11 heteroatoms. The van der Waals surface area contributed by atoms with Gasteiger partial charge in [0, 0.05) is 30.7 Å². The molecule has 0 bridgehead atoms. The number of amides is 1. The van der Waals surface area contributed by atoms with Crippen molar-refractivity contribution in [2.24, 2.45) is 10.7 Å². The molecule has 1 aromatic carbocycles. The minimum absolute atomic E-state index is 0.0731. The second-order valence-electron chi connectivity index (χ2n) is 6.49. The lowest BCUT2D eigenvalue weighted by molar-refractivity contribution is -0.209. The van der Waals surface area contributed by atoms with Crippen molar-refractivity contribution in [2.45, 2.75) is 37.2 Å². The van der Waals surface area contributed by atoms with Crippen LogP contribution in [0.4, 0.5) is 22.0 Å². The second kappa shape index (κ2) is 8.29. The van der Waals surface area contributed by atoms with Gasteiger partial charge in [-0.1, -0.05) is 0 Å². The van der Waals surface area contributed by atoms with Gasteiger partial charge in [-0.15, -0.1) is 0 Å². The maximum absolute atomic E-state index is 14.4. The molecule has 0 saturated heterocycles. The van der Waals surface area contributed by atoms with Crippen molar-refractivity contribution in [3.8, 4) is 0 Å². The number of ether oxygens (including phenoxy) is 2. The zero-order valence-corrected chi connectivity index (χ0v) is 15.1. The van der Waals surface area contributed by atoms with E-state index in [0.717, 1.165) is 18.2 Å². The first-order valence-electron chi connectivity index (χ1n) is 8.27. The molecule has 1 aliphatic rings. The number of nitrogens with zero attached hydrogens (tertiary/aromatic N) is 1. The van der Waals surface area contributed by atoms with Gasteiger partial charge < -0.3 is 20.5 Å².